The summed E-state index contributed by atoms with van der Waals surface area (Å²) in [6.45, 7) is 30.6. The second-order valence-corrected chi connectivity index (χ2v) is 23.5. The van der Waals surface area contributed by atoms with Crippen LogP contribution in [0.4, 0.5) is 11.6 Å². The van der Waals surface area contributed by atoms with E-state index in [2.05, 4.69) is 148 Å². The van der Waals surface area contributed by atoms with Gasteiger partial charge in [-0.2, -0.15) is 19.9 Å². The van der Waals surface area contributed by atoms with E-state index in [0.29, 0.717) is 95.5 Å². The normalized spacial score (nSPS) is 21.7. The van der Waals surface area contributed by atoms with Crippen LogP contribution in [0.1, 0.15) is 109 Å². The zero-order valence-electron chi connectivity index (χ0n) is 51.1. The number of likely N-dealkylation sites (N-methyl/N-ethyl adjacent to an activating group) is 2. The molecule has 4 fully saturated rings. The first-order chi connectivity index (χ1) is 42.3. The maximum Gasteiger partial charge on any atom is 0.381 e. The van der Waals surface area contributed by atoms with Crippen molar-refractivity contribution in [2.75, 3.05) is 96.0 Å². The van der Waals surface area contributed by atoms with Crippen LogP contribution >= 0.6 is 0 Å². The number of anilines is 2. The molecule has 12 rings (SSSR count). The Labute approximate surface area is 511 Å². The Balaban J connectivity index is 0.000000177. The summed E-state index contributed by atoms with van der Waals surface area (Å²) in [6, 6.07) is 27.0. The Morgan fingerprint density at radius 2 is 1.11 bits per heavy atom. The average Bonchev–Trinajstić information content (AvgIpc) is 2.03. The summed E-state index contributed by atoms with van der Waals surface area (Å²) >= 11 is 0. The van der Waals surface area contributed by atoms with Gasteiger partial charge in [0.2, 0.25) is 13.1 Å². The number of rotatable bonds is 12. The second kappa shape index (κ2) is 28.9. The van der Waals surface area contributed by atoms with E-state index in [9.17, 15) is 9.59 Å². The molecule has 1 amide bonds. The van der Waals surface area contributed by atoms with E-state index in [0.717, 1.165) is 98.0 Å². The van der Waals surface area contributed by atoms with Gasteiger partial charge in [-0.1, -0.05) is 84.6 Å². The maximum atomic E-state index is 12.7. The smallest absolute Gasteiger partial charge is 0.381 e. The van der Waals surface area contributed by atoms with Gasteiger partial charge in [0, 0.05) is 80.6 Å². The summed E-state index contributed by atoms with van der Waals surface area (Å²) in [6.07, 6.45) is 7.87. The summed E-state index contributed by atoms with van der Waals surface area (Å²) in [7, 11) is 4.30. The van der Waals surface area contributed by atoms with Crippen LogP contribution in [0.2, 0.25) is 0 Å². The van der Waals surface area contributed by atoms with Crippen molar-refractivity contribution in [2.24, 2.45) is 5.92 Å². The minimum absolute atomic E-state index is 0.0694. The molecular weight excluding hydrogens is 1090 g/mol. The van der Waals surface area contributed by atoms with Crippen molar-refractivity contribution in [1.29, 1.82) is 0 Å². The van der Waals surface area contributed by atoms with Crippen LogP contribution in [0.15, 0.2) is 72.8 Å². The highest BCUT2D eigenvalue weighted by atomic mass is 16.5. The first kappa shape index (κ1) is 61.7. The van der Waals surface area contributed by atoms with E-state index in [1.165, 1.54) is 51.6 Å². The van der Waals surface area contributed by atoms with Gasteiger partial charge in [-0.05, 0) is 143 Å². The molecule has 6 aliphatic rings. The fraction of sp³-hybridized carbons (Fsp3) is 0.478. The number of aliphatic carboxylic acids is 1. The first-order valence-electron chi connectivity index (χ1n) is 30.5. The van der Waals surface area contributed by atoms with Crippen molar-refractivity contribution >= 4 is 45.1 Å². The number of aryl methyl sites for hydroxylation is 2. The van der Waals surface area contributed by atoms with Crippen LogP contribution in [0.3, 0.4) is 0 Å². The third kappa shape index (κ3) is 14.6. The monoisotopic (exact) mass is 1170 g/mol. The van der Waals surface area contributed by atoms with Gasteiger partial charge in [0.25, 0.3) is 5.91 Å². The molecule has 0 bridgehead atoms. The lowest BCUT2D eigenvalue weighted by Crippen LogP contribution is -2.56. The van der Waals surface area contributed by atoms with Crippen LogP contribution in [-0.4, -0.2) is 156 Å². The lowest BCUT2D eigenvalue weighted by atomic mass is 9.92. The molecule has 0 spiro atoms. The number of hydrogen-bond acceptors (Lipinski definition) is 14. The van der Waals surface area contributed by atoms with Crippen LogP contribution in [-0.2, 0) is 45.1 Å². The van der Waals surface area contributed by atoms with Gasteiger partial charge in [-0.15, -0.1) is 0 Å². The molecule has 6 aromatic rings. The maximum absolute atomic E-state index is 12.7. The molecule has 2 unspecified atom stereocenters. The highest BCUT2D eigenvalue weighted by molar-refractivity contribution is 5.94. The molecule has 6 aliphatic heterocycles. The molecule has 8 heterocycles. The number of nitrogens with zero attached hydrogens (tertiary/aromatic N) is 11. The number of aromatic nitrogens is 4. The zero-order valence-corrected chi connectivity index (χ0v) is 51.1. The number of carbonyl (C=O) groups excluding carboxylic acids is 1. The zero-order chi connectivity index (χ0) is 61.0. The first-order valence-corrected chi connectivity index (χ1v) is 30.5. The van der Waals surface area contributed by atoms with Gasteiger partial charge in [-0.25, -0.2) is 17.9 Å². The molecule has 0 radical (unpaired) electrons. The molecule has 0 aliphatic carbocycles. The van der Waals surface area contributed by atoms with Gasteiger partial charge in [0.1, 0.15) is 30.9 Å². The van der Waals surface area contributed by atoms with Crippen molar-refractivity contribution in [3.05, 3.63) is 140 Å². The van der Waals surface area contributed by atoms with Crippen molar-refractivity contribution in [3.8, 4) is 35.7 Å². The number of ether oxygens (including phenoxy) is 4. The van der Waals surface area contributed by atoms with Crippen molar-refractivity contribution < 1.29 is 33.6 Å². The van der Waals surface area contributed by atoms with Crippen molar-refractivity contribution in [3.63, 3.8) is 0 Å². The number of likely N-dealkylation sites (tertiary alicyclic amines) is 2. The van der Waals surface area contributed by atoms with Gasteiger partial charge < -0.3 is 58.2 Å². The molecule has 18 nitrogen and oxygen atoms in total. The highest BCUT2D eigenvalue weighted by Gasteiger charge is 2.37. The Hall–Kier alpha value is -8.36. The van der Waals surface area contributed by atoms with E-state index in [1.807, 2.05) is 5.92 Å². The average molecular weight is 1170 g/mol. The Bertz CT molecular complexity index is 3680. The van der Waals surface area contributed by atoms with Crippen LogP contribution in [0, 0.1) is 56.6 Å². The van der Waals surface area contributed by atoms with Crippen LogP contribution < -0.4 is 19.3 Å². The SMILES string of the molecule is CC#CC(=O)O.[C-]#[N+]C[C@@H]1CCCN(c2nc(OC[C@@H]3CCCN3C)nc3c2COC(c2cccc4cccc(C)c24)C3)C1.[C-]#[N+]C[C@H]1CN(c2nc(OC[C@@H]3CCCN3C)nc3c2COC(c2cccc4cccc(C)c24)C3)CCN1C(=O)C#CC. The summed E-state index contributed by atoms with van der Waals surface area (Å²) in [4.78, 5) is 60.2. The highest BCUT2D eigenvalue weighted by Crippen LogP contribution is 2.41. The van der Waals surface area contributed by atoms with Crippen molar-refractivity contribution in [1.82, 2.24) is 34.6 Å². The fourth-order valence-corrected chi connectivity index (χ4v) is 13.3. The Morgan fingerprint density at radius 1 is 0.621 bits per heavy atom. The summed E-state index contributed by atoms with van der Waals surface area (Å²) in [5.41, 5.74) is 8.86. The Kier molecular flexibility index (Phi) is 20.5. The van der Waals surface area contributed by atoms with E-state index in [1.54, 1.807) is 11.8 Å². The van der Waals surface area contributed by atoms with Crippen LogP contribution in [0.25, 0.3) is 31.2 Å². The molecule has 0 saturated carbocycles. The third-order valence-corrected chi connectivity index (χ3v) is 17.8. The number of hydrogen-bond donors (Lipinski definition) is 1. The molecule has 1 N–H and O–H groups in total. The molecule has 4 saturated heterocycles. The number of carboxylic acids is 1. The summed E-state index contributed by atoms with van der Waals surface area (Å²) in [5, 5.41) is 12.7. The summed E-state index contributed by atoms with van der Waals surface area (Å²) < 4.78 is 25.7. The second-order valence-electron chi connectivity index (χ2n) is 23.5. The molecule has 4 aromatic carbocycles. The van der Waals surface area contributed by atoms with E-state index >= 15 is 0 Å². The van der Waals surface area contributed by atoms with Gasteiger partial charge >= 0.3 is 18.0 Å². The minimum atomic E-state index is -1.07. The number of carboxylic acid groups (broad SMARTS) is 1. The van der Waals surface area contributed by atoms with E-state index in [-0.39, 0.29) is 30.7 Å². The fourth-order valence-electron chi connectivity index (χ4n) is 13.3. The largest absolute Gasteiger partial charge is 0.472 e. The van der Waals surface area contributed by atoms with Gasteiger partial charge in [-0.3, -0.25) is 4.79 Å². The number of benzene rings is 4. The molecule has 87 heavy (non-hydrogen) atoms. The van der Waals surface area contributed by atoms with Crippen molar-refractivity contribution in [2.45, 2.75) is 123 Å². The number of piperazine rings is 1. The molecule has 452 valence electrons. The third-order valence-electron chi connectivity index (χ3n) is 17.8. The lowest BCUT2D eigenvalue weighted by molar-refractivity contribution is -0.130. The molecule has 6 atom stereocenters. The number of amides is 1. The lowest BCUT2D eigenvalue weighted by Gasteiger charge is -2.40. The van der Waals surface area contributed by atoms with Crippen LogP contribution in [0.5, 0.6) is 12.0 Å². The predicted molar refractivity (Wildman–Crippen MR) is 336 cm³/mol. The quantitative estimate of drug-likeness (QED) is 0.0908. The van der Waals surface area contributed by atoms with Gasteiger partial charge in [0.15, 0.2) is 0 Å². The molecule has 18 heteroatoms. The van der Waals surface area contributed by atoms with E-state index in [4.69, 9.17) is 57.1 Å². The van der Waals surface area contributed by atoms with E-state index < -0.39 is 5.97 Å². The number of carbonyl (C=O) groups is 2. The number of piperidine rings is 1. The topological polar surface area (TPSA) is 168 Å². The standard InChI is InChI=1S/C34H38N6O3.C31H37N5O2.C4H4O2/c1-5-9-31(41)40-17-16-39(20-26(40)19-35-3)33-28-22-42-30(27-14-7-12-24-11-6-10-23(2)32(24)27)18-29(28)36-34(37-33)43-21-25-13-8-15-38(25)4;1-21-8-4-10-23-11-5-13-25(29(21)23)28-16-27-26(20-37-28)30(36-15-6-9-22(18-36)17-32-2)34-31(33-27)38-19-24-12-7-14-35(24)3;1-2-3-4(5)6/h6-7,10-12,14,25-26,30H,8,13,15-22H2,1-2,4H3;4-5,8,10-11,13,22,24,28H,6-7,9,12,14-20H2,1,3H3;1H3,(H,5,6)/t25-,26-,30?;22-,24-,28?;/m00./s1. The van der Waals surface area contributed by atoms with Gasteiger partial charge in [0.05, 0.1) is 36.8 Å². The molecular formula is C69H79N11O7. The summed E-state index contributed by atoms with van der Waals surface area (Å²) in [5.74, 6) is 10.2. The Morgan fingerprint density at radius 3 is 1.57 bits per heavy atom. The predicted octanol–water partition coefficient (Wildman–Crippen LogP) is 9.64. The number of fused-ring (bicyclic) bond motifs is 4. The molecule has 2 aromatic heterocycles. The minimum Gasteiger partial charge on any atom is -0.472 e.